The number of nitrogens with one attached hydrogen (secondary N) is 1. The molecule has 2 heterocycles. The average molecular weight is 512 g/mol. The van der Waals surface area contributed by atoms with Crippen LogP contribution in [-0.2, 0) is 6.61 Å². The molecule has 0 radical (unpaired) electrons. The fourth-order valence-electron chi connectivity index (χ4n) is 3.59. The topological polar surface area (TPSA) is 97.3 Å². The van der Waals surface area contributed by atoms with Crippen molar-refractivity contribution in [1.29, 1.82) is 0 Å². The number of hydrogen-bond donors (Lipinski definition) is 2. The Balaban J connectivity index is 1.54. The van der Waals surface area contributed by atoms with Crippen LogP contribution in [0.15, 0.2) is 54.6 Å². The van der Waals surface area contributed by atoms with Crippen molar-refractivity contribution in [3.63, 3.8) is 0 Å². The summed E-state index contributed by atoms with van der Waals surface area (Å²) in [7, 11) is 0. The van der Waals surface area contributed by atoms with E-state index in [1.165, 1.54) is 12.1 Å². The first-order valence-electron chi connectivity index (χ1n) is 10.9. The van der Waals surface area contributed by atoms with Gasteiger partial charge in [-0.05, 0) is 55.3 Å². The molecule has 0 bridgehead atoms. The van der Waals surface area contributed by atoms with Gasteiger partial charge in [-0.1, -0.05) is 43.1 Å². The smallest absolute Gasteiger partial charge is 0.335 e. The molecule has 0 spiro atoms. The highest BCUT2D eigenvalue weighted by Crippen LogP contribution is 2.38. The van der Waals surface area contributed by atoms with Gasteiger partial charge in [0.05, 0.1) is 21.3 Å². The van der Waals surface area contributed by atoms with Gasteiger partial charge >= 0.3 is 5.97 Å². The number of benzene rings is 2. The van der Waals surface area contributed by atoms with Crippen LogP contribution in [0, 0.1) is 6.92 Å². The lowest BCUT2D eigenvalue weighted by Crippen LogP contribution is -2.03. The maximum absolute atomic E-state index is 11.0. The van der Waals surface area contributed by atoms with Crippen molar-refractivity contribution in [2.45, 2.75) is 33.3 Å². The number of nitrogens with zero attached hydrogens (tertiary/aromatic N) is 2. The molecule has 35 heavy (non-hydrogen) atoms. The predicted molar refractivity (Wildman–Crippen MR) is 135 cm³/mol. The van der Waals surface area contributed by atoms with Crippen LogP contribution in [0.4, 0.5) is 0 Å². The van der Waals surface area contributed by atoms with Gasteiger partial charge in [-0.15, -0.1) is 0 Å². The minimum absolute atomic E-state index is 0.175. The van der Waals surface area contributed by atoms with Crippen LogP contribution in [0.3, 0.4) is 0 Å². The van der Waals surface area contributed by atoms with Gasteiger partial charge in [0, 0.05) is 22.9 Å². The van der Waals surface area contributed by atoms with Crippen molar-refractivity contribution in [2.75, 3.05) is 0 Å². The molecule has 4 rings (SSSR count). The zero-order valence-corrected chi connectivity index (χ0v) is 20.8. The normalized spacial score (nSPS) is 11.0. The summed E-state index contributed by atoms with van der Waals surface area (Å²) < 4.78 is 11.9. The summed E-state index contributed by atoms with van der Waals surface area (Å²) >= 11 is 12.9. The van der Waals surface area contributed by atoms with E-state index in [2.05, 4.69) is 29.0 Å². The molecule has 2 N–H and O–H groups in total. The molecule has 0 amide bonds. The van der Waals surface area contributed by atoms with Gasteiger partial charge in [-0.2, -0.15) is 5.10 Å². The molecule has 7 nitrogen and oxygen atoms in total. The Morgan fingerprint density at radius 1 is 1.06 bits per heavy atom. The second-order valence-corrected chi connectivity index (χ2v) is 8.98. The molecule has 0 aliphatic heterocycles. The van der Waals surface area contributed by atoms with E-state index in [-0.39, 0.29) is 18.1 Å². The minimum Gasteiger partial charge on any atom is -0.478 e. The van der Waals surface area contributed by atoms with E-state index in [4.69, 9.17) is 37.8 Å². The first-order valence-corrected chi connectivity index (χ1v) is 11.6. The summed E-state index contributed by atoms with van der Waals surface area (Å²) in [6.07, 6.45) is 0. The Kier molecular flexibility index (Phi) is 7.28. The van der Waals surface area contributed by atoms with Crippen LogP contribution in [0.1, 0.15) is 47.1 Å². The Labute approximate surface area is 212 Å². The lowest BCUT2D eigenvalue weighted by molar-refractivity contribution is 0.0697. The maximum atomic E-state index is 11.0. The molecule has 0 aliphatic rings. The number of carboxylic acids is 1. The molecule has 0 saturated carbocycles. The number of carboxylic acid groups (broad SMARTS) is 1. The maximum Gasteiger partial charge on any atom is 0.335 e. The highest BCUT2D eigenvalue weighted by atomic mass is 35.5. The molecular weight excluding hydrogens is 489 g/mol. The van der Waals surface area contributed by atoms with E-state index < -0.39 is 5.97 Å². The highest BCUT2D eigenvalue weighted by Gasteiger charge is 2.21. The fourth-order valence-corrected chi connectivity index (χ4v) is 4.16. The highest BCUT2D eigenvalue weighted by molar-refractivity contribution is 6.39. The largest absolute Gasteiger partial charge is 0.478 e. The van der Waals surface area contributed by atoms with Crippen LogP contribution in [0.25, 0.3) is 11.3 Å². The standard InChI is InChI=1S/C26H23Cl2N3O4/c1-14(2)24-18(25(31-30-24)23-19(27)5-4-6-20(23)28)13-34-22-12-11-21(15(3)29-22)35-17-9-7-16(8-10-17)26(32)33/h4-12,14H,13H2,1-3H3,(H,30,31)(H,32,33). The quantitative estimate of drug-likeness (QED) is 0.258. The fraction of sp³-hybridized carbons (Fsp3) is 0.192. The second-order valence-electron chi connectivity index (χ2n) is 8.17. The van der Waals surface area contributed by atoms with Crippen LogP contribution in [-0.4, -0.2) is 26.3 Å². The van der Waals surface area contributed by atoms with E-state index in [9.17, 15) is 4.79 Å². The van der Waals surface area contributed by atoms with E-state index in [1.807, 2.05) is 0 Å². The van der Waals surface area contributed by atoms with Crippen LogP contribution >= 0.6 is 23.2 Å². The van der Waals surface area contributed by atoms with Gasteiger partial charge in [0.1, 0.15) is 23.8 Å². The number of aromatic amines is 1. The summed E-state index contributed by atoms with van der Waals surface area (Å²) in [5.41, 5.74) is 3.89. The summed E-state index contributed by atoms with van der Waals surface area (Å²) in [5, 5.41) is 17.6. The third kappa shape index (κ3) is 5.42. The number of aromatic carboxylic acids is 1. The zero-order chi connectivity index (χ0) is 25.1. The van der Waals surface area contributed by atoms with E-state index in [0.717, 1.165) is 11.3 Å². The number of carbonyl (C=O) groups is 1. The lowest BCUT2D eigenvalue weighted by atomic mass is 10.0. The Hall–Kier alpha value is -3.55. The van der Waals surface area contributed by atoms with Gasteiger partial charge in [0.15, 0.2) is 0 Å². The molecule has 4 aromatic rings. The van der Waals surface area contributed by atoms with Crippen molar-refractivity contribution >= 4 is 29.2 Å². The molecule has 9 heteroatoms. The van der Waals surface area contributed by atoms with Crippen LogP contribution < -0.4 is 9.47 Å². The van der Waals surface area contributed by atoms with E-state index >= 15 is 0 Å². The molecule has 0 fully saturated rings. The third-order valence-corrected chi connectivity index (χ3v) is 6.01. The Morgan fingerprint density at radius 3 is 2.34 bits per heavy atom. The van der Waals surface area contributed by atoms with Gasteiger partial charge in [-0.25, -0.2) is 9.78 Å². The van der Waals surface area contributed by atoms with Gasteiger partial charge in [-0.3, -0.25) is 5.10 Å². The number of rotatable bonds is 8. The van der Waals surface area contributed by atoms with Gasteiger partial charge < -0.3 is 14.6 Å². The molecule has 2 aromatic carbocycles. The third-order valence-electron chi connectivity index (χ3n) is 5.38. The van der Waals surface area contributed by atoms with Gasteiger partial charge in [0.25, 0.3) is 0 Å². The summed E-state index contributed by atoms with van der Waals surface area (Å²) in [4.78, 5) is 15.5. The summed E-state index contributed by atoms with van der Waals surface area (Å²) in [6, 6.07) is 15.0. The lowest BCUT2D eigenvalue weighted by Gasteiger charge is -2.13. The SMILES string of the molecule is Cc1nc(OCc2c(-c3c(Cl)cccc3Cl)n[nH]c2C(C)C)ccc1Oc1ccc(C(=O)O)cc1. The molecule has 0 aliphatic carbocycles. The van der Waals surface area contributed by atoms with Crippen LogP contribution in [0.2, 0.25) is 10.0 Å². The molecule has 2 aromatic heterocycles. The number of aryl methyl sites for hydroxylation is 1. The number of H-pyrrole nitrogens is 1. The first-order chi connectivity index (χ1) is 16.7. The molecule has 0 unspecified atom stereocenters. The average Bonchev–Trinajstić information content (AvgIpc) is 3.23. The first kappa shape index (κ1) is 24.6. The van der Waals surface area contributed by atoms with Crippen molar-refractivity contribution in [2.24, 2.45) is 0 Å². The number of hydrogen-bond acceptors (Lipinski definition) is 5. The second kappa shape index (κ2) is 10.4. The zero-order valence-electron chi connectivity index (χ0n) is 19.3. The molecule has 180 valence electrons. The molecular formula is C26H23Cl2N3O4. The number of ether oxygens (including phenoxy) is 2. The van der Waals surface area contributed by atoms with Gasteiger partial charge in [0.2, 0.25) is 5.88 Å². The summed E-state index contributed by atoms with van der Waals surface area (Å²) in [5.74, 6) is 0.649. The molecule has 0 saturated heterocycles. The minimum atomic E-state index is -0.992. The van der Waals surface area contributed by atoms with Crippen molar-refractivity contribution in [3.8, 4) is 28.6 Å². The van der Waals surface area contributed by atoms with Crippen molar-refractivity contribution in [1.82, 2.24) is 15.2 Å². The Morgan fingerprint density at radius 2 is 1.74 bits per heavy atom. The number of aromatic nitrogens is 3. The predicted octanol–water partition coefficient (Wildman–Crippen LogP) is 7.28. The Bertz CT molecular complexity index is 1350. The summed E-state index contributed by atoms with van der Waals surface area (Å²) in [6.45, 7) is 6.14. The molecule has 0 atom stereocenters. The number of pyridine rings is 1. The van der Waals surface area contributed by atoms with E-state index in [1.54, 1.807) is 49.4 Å². The number of halogens is 2. The monoisotopic (exact) mass is 511 g/mol. The van der Waals surface area contributed by atoms with Crippen LogP contribution in [0.5, 0.6) is 17.4 Å². The van der Waals surface area contributed by atoms with Crippen molar-refractivity contribution < 1.29 is 19.4 Å². The van der Waals surface area contributed by atoms with Crippen molar-refractivity contribution in [3.05, 3.63) is 87.2 Å². The van der Waals surface area contributed by atoms with E-state index in [0.29, 0.717) is 44.4 Å².